The Labute approximate surface area is 100 Å². The van der Waals surface area contributed by atoms with Crippen LogP contribution in [0, 0.1) is 0 Å². The van der Waals surface area contributed by atoms with Crippen LogP contribution in [0.2, 0.25) is 0 Å². The van der Waals surface area contributed by atoms with E-state index in [-0.39, 0.29) is 13.2 Å². The largest absolute Gasteiger partial charge is 0.532 e. The van der Waals surface area contributed by atoms with Crippen LogP contribution in [0.1, 0.15) is 24.2 Å². The molecule has 0 radical (unpaired) electrons. The van der Waals surface area contributed by atoms with Crippen LogP contribution in [0.5, 0.6) is 0 Å². The summed E-state index contributed by atoms with van der Waals surface area (Å²) in [5.41, 5.74) is 0.298. The van der Waals surface area contributed by atoms with Crippen molar-refractivity contribution in [1.82, 2.24) is 0 Å². The maximum Gasteiger partial charge on any atom is 0.532 e. The van der Waals surface area contributed by atoms with Crippen LogP contribution in [0.4, 0.5) is 0 Å². The first-order chi connectivity index (χ1) is 8.11. The molecule has 0 aliphatic rings. The average molecular weight is 258 g/mol. The van der Waals surface area contributed by atoms with Crippen molar-refractivity contribution >= 4 is 13.8 Å². The molecule has 0 fully saturated rings. The van der Waals surface area contributed by atoms with Crippen molar-refractivity contribution in [2.45, 2.75) is 13.8 Å². The molecule has 0 N–H and O–H groups in total. The van der Waals surface area contributed by atoms with Gasteiger partial charge in [-0.3, -0.25) is 9.05 Å². The monoisotopic (exact) mass is 258 g/mol. The zero-order valence-corrected chi connectivity index (χ0v) is 10.7. The Bertz CT molecular complexity index is 394. The van der Waals surface area contributed by atoms with Crippen LogP contribution in [-0.4, -0.2) is 19.2 Å². The molecule has 0 atom stereocenters. The van der Waals surface area contributed by atoms with Crippen LogP contribution < -0.4 is 0 Å². The predicted octanol–water partition coefficient (Wildman–Crippen LogP) is 3.02. The van der Waals surface area contributed by atoms with Gasteiger partial charge in [0.15, 0.2) is 0 Å². The van der Waals surface area contributed by atoms with Gasteiger partial charge in [0.05, 0.1) is 18.8 Å². The number of hydrogen-bond donors (Lipinski definition) is 0. The Morgan fingerprint density at radius 1 is 1.12 bits per heavy atom. The standard InChI is InChI=1S/C11H15O5P/c1-3-14-17(13,15-4-2)16-11(12)10-8-6-5-7-9-10/h5-9H,3-4H2,1-2H3. The molecule has 0 bridgehead atoms. The molecule has 0 saturated heterocycles. The van der Waals surface area contributed by atoms with Gasteiger partial charge in [0.1, 0.15) is 0 Å². The second-order valence-corrected chi connectivity index (χ2v) is 4.62. The molecule has 0 heterocycles. The Balaban J connectivity index is 2.74. The molecule has 17 heavy (non-hydrogen) atoms. The van der Waals surface area contributed by atoms with E-state index >= 15 is 0 Å². The molecule has 6 heteroatoms. The van der Waals surface area contributed by atoms with E-state index in [1.165, 1.54) is 0 Å². The molecule has 1 aromatic carbocycles. The van der Waals surface area contributed by atoms with Gasteiger partial charge in [-0.15, -0.1) is 0 Å². The fourth-order valence-corrected chi connectivity index (χ4v) is 2.26. The highest BCUT2D eigenvalue weighted by atomic mass is 31.2. The molecule has 0 aliphatic heterocycles. The van der Waals surface area contributed by atoms with Crippen LogP contribution >= 0.6 is 7.82 Å². The summed E-state index contributed by atoms with van der Waals surface area (Å²) >= 11 is 0. The van der Waals surface area contributed by atoms with Gasteiger partial charge in [0, 0.05) is 0 Å². The zero-order valence-electron chi connectivity index (χ0n) is 9.79. The Morgan fingerprint density at radius 2 is 1.65 bits per heavy atom. The summed E-state index contributed by atoms with van der Waals surface area (Å²) in [5, 5.41) is 0. The molecular weight excluding hydrogens is 243 g/mol. The van der Waals surface area contributed by atoms with Crippen molar-refractivity contribution in [3.63, 3.8) is 0 Å². The van der Waals surface area contributed by atoms with Gasteiger partial charge in [-0.1, -0.05) is 18.2 Å². The number of carbonyl (C=O) groups excluding carboxylic acids is 1. The van der Waals surface area contributed by atoms with Gasteiger partial charge < -0.3 is 4.52 Å². The Kier molecular flexibility index (Phi) is 5.35. The summed E-state index contributed by atoms with van der Waals surface area (Å²) in [6.45, 7) is 3.56. The van der Waals surface area contributed by atoms with Crippen molar-refractivity contribution < 1.29 is 22.9 Å². The molecule has 0 spiro atoms. The summed E-state index contributed by atoms with van der Waals surface area (Å²) in [4.78, 5) is 11.7. The zero-order chi connectivity index (χ0) is 12.7. The second kappa shape index (κ2) is 6.55. The molecule has 1 rings (SSSR count). The maximum absolute atomic E-state index is 11.9. The molecule has 0 aromatic heterocycles. The third kappa shape index (κ3) is 4.30. The molecule has 0 amide bonds. The minimum Gasteiger partial charge on any atom is -0.367 e. The number of benzene rings is 1. The van der Waals surface area contributed by atoms with Gasteiger partial charge in [-0.2, -0.15) is 0 Å². The molecule has 0 aliphatic carbocycles. The van der Waals surface area contributed by atoms with E-state index in [0.717, 1.165) is 0 Å². The Hall–Kier alpha value is -1.16. The van der Waals surface area contributed by atoms with E-state index in [9.17, 15) is 9.36 Å². The van der Waals surface area contributed by atoms with Gasteiger partial charge in [0.25, 0.3) is 0 Å². The van der Waals surface area contributed by atoms with Crippen LogP contribution in [0.15, 0.2) is 30.3 Å². The topological polar surface area (TPSA) is 61.8 Å². The quantitative estimate of drug-likeness (QED) is 0.734. The van der Waals surface area contributed by atoms with Crippen LogP contribution in [-0.2, 0) is 18.1 Å². The number of rotatable bonds is 6. The van der Waals surface area contributed by atoms with Crippen molar-refractivity contribution in [3.8, 4) is 0 Å². The fraction of sp³-hybridized carbons (Fsp3) is 0.364. The van der Waals surface area contributed by atoms with E-state index < -0.39 is 13.8 Å². The first-order valence-electron chi connectivity index (χ1n) is 5.29. The van der Waals surface area contributed by atoms with E-state index in [1.54, 1.807) is 44.2 Å². The lowest BCUT2D eigenvalue weighted by Crippen LogP contribution is -2.07. The third-order valence-corrected chi connectivity index (χ3v) is 3.32. The maximum atomic E-state index is 11.9. The van der Waals surface area contributed by atoms with E-state index in [4.69, 9.17) is 13.6 Å². The lowest BCUT2D eigenvalue weighted by Gasteiger charge is -2.15. The van der Waals surface area contributed by atoms with E-state index in [0.29, 0.717) is 5.56 Å². The fourth-order valence-electron chi connectivity index (χ4n) is 1.13. The highest BCUT2D eigenvalue weighted by Gasteiger charge is 2.30. The summed E-state index contributed by atoms with van der Waals surface area (Å²) in [6, 6.07) is 8.25. The van der Waals surface area contributed by atoms with E-state index in [2.05, 4.69) is 0 Å². The molecule has 0 unspecified atom stereocenters. The molecule has 94 valence electrons. The lowest BCUT2D eigenvalue weighted by molar-refractivity contribution is 0.0605. The first-order valence-corrected chi connectivity index (χ1v) is 6.75. The summed E-state index contributed by atoms with van der Waals surface area (Å²) in [5.74, 6) is -0.726. The van der Waals surface area contributed by atoms with Gasteiger partial charge in [0.2, 0.25) is 0 Å². The lowest BCUT2D eigenvalue weighted by atomic mass is 10.2. The normalized spacial score (nSPS) is 11.2. The Morgan fingerprint density at radius 3 is 2.12 bits per heavy atom. The smallest absolute Gasteiger partial charge is 0.367 e. The summed E-state index contributed by atoms with van der Waals surface area (Å²) < 4.78 is 26.4. The minimum absolute atomic E-state index is 0.138. The minimum atomic E-state index is -3.79. The molecule has 5 nitrogen and oxygen atoms in total. The van der Waals surface area contributed by atoms with Gasteiger partial charge >= 0.3 is 13.8 Å². The van der Waals surface area contributed by atoms with Crippen molar-refractivity contribution in [2.24, 2.45) is 0 Å². The highest BCUT2D eigenvalue weighted by molar-refractivity contribution is 7.49. The van der Waals surface area contributed by atoms with Crippen molar-refractivity contribution in [1.29, 1.82) is 0 Å². The van der Waals surface area contributed by atoms with Gasteiger partial charge in [-0.25, -0.2) is 9.36 Å². The number of hydrogen-bond acceptors (Lipinski definition) is 5. The molecule has 0 saturated carbocycles. The average Bonchev–Trinajstić information content (AvgIpc) is 2.30. The van der Waals surface area contributed by atoms with Gasteiger partial charge in [-0.05, 0) is 26.0 Å². The van der Waals surface area contributed by atoms with Crippen molar-refractivity contribution in [3.05, 3.63) is 35.9 Å². The number of phosphoric ester groups is 1. The van der Waals surface area contributed by atoms with Crippen LogP contribution in [0.3, 0.4) is 0 Å². The second-order valence-electron chi connectivity index (χ2n) is 3.03. The predicted molar refractivity (Wildman–Crippen MR) is 62.7 cm³/mol. The van der Waals surface area contributed by atoms with E-state index in [1.807, 2.05) is 0 Å². The SMILES string of the molecule is CCOP(=O)(OCC)OC(=O)c1ccccc1. The highest BCUT2D eigenvalue weighted by Crippen LogP contribution is 2.49. The van der Waals surface area contributed by atoms with Crippen molar-refractivity contribution in [2.75, 3.05) is 13.2 Å². The third-order valence-electron chi connectivity index (χ3n) is 1.78. The summed E-state index contributed by atoms with van der Waals surface area (Å²) in [6.07, 6.45) is 0. The number of carbonyl (C=O) groups is 1. The molecule has 1 aromatic rings. The van der Waals surface area contributed by atoms with Crippen LogP contribution in [0.25, 0.3) is 0 Å². The first kappa shape index (κ1) is 13.9. The molecular formula is C11H15O5P. The number of phosphoric acid groups is 1. The summed E-state index contributed by atoms with van der Waals surface area (Å²) in [7, 11) is -3.79.